The van der Waals surface area contributed by atoms with Crippen LogP contribution in [0.2, 0.25) is 0 Å². The molecule has 23 heavy (non-hydrogen) atoms. The lowest BCUT2D eigenvalue weighted by molar-refractivity contribution is 0.0696. The van der Waals surface area contributed by atoms with Crippen LogP contribution in [-0.4, -0.2) is 22.7 Å². The summed E-state index contributed by atoms with van der Waals surface area (Å²) in [5.74, 6) is 1.67. The van der Waals surface area contributed by atoms with E-state index in [9.17, 15) is 0 Å². The predicted octanol–water partition coefficient (Wildman–Crippen LogP) is 4.42. The van der Waals surface area contributed by atoms with Gasteiger partial charge in [0.05, 0.1) is 6.20 Å². The van der Waals surface area contributed by atoms with Crippen LogP contribution in [0.1, 0.15) is 60.1 Å². The van der Waals surface area contributed by atoms with Gasteiger partial charge in [-0.2, -0.15) is 0 Å². The van der Waals surface area contributed by atoms with Gasteiger partial charge in [0.1, 0.15) is 11.9 Å². The van der Waals surface area contributed by atoms with Crippen molar-refractivity contribution in [3.05, 3.63) is 24.1 Å². The minimum Gasteiger partial charge on any atom is -0.474 e. The number of hydrogen-bond donors (Lipinski definition) is 1. The molecular weight excluding hydrogens is 288 g/mol. The lowest BCUT2D eigenvalue weighted by Gasteiger charge is -2.39. The maximum absolute atomic E-state index is 6.01. The van der Waals surface area contributed by atoms with E-state index in [4.69, 9.17) is 9.15 Å². The molecule has 2 heterocycles. The highest BCUT2D eigenvalue weighted by atomic mass is 16.5. The number of fused-ring (bicyclic) bond motifs is 1. The summed E-state index contributed by atoms with van der Waals surface area (Å²) in [7, 11) is 0. The first-order chi connectivity index (χ1) is 10.6. The Kier molecular flexibility index (Phi) is 3.91. The topological polar surface area (TPSA) is 47.3 Å². The quantitative estimate of drug-likeness (QED) is 0.910. The summed E-state index contributed by atoms with van der Waals surface area (Å²) in [5.41, 5.74) is 0.982. The van der Waals surface area contributed by atoms with Crippen molar-refractivity contribution in [2.75, 3.05) is 0 Å². The molecule has 1 aliphatic rings. The molecule has 126 valence electrons. The summed E-state index contributed by atoms with van der Waals surface area (Å²) in [6.45, 7) is 13.0. The van der Waals surface area contributed by atoms with Gasteiger partial charge in [-0.25, -0.2) is 4.98 Å². The number of ether oxygens (including phenoxy) is 1. The van der Waals surface area contributed by atoms with E-state index in [0.29, 0.717) is 11.9 Å². The Morgan fingerprint density at radius 1 is 1.13 bits per heavy atom. The lowest BCUT2D eigenvalue weighted by atomic mass is 9.87. The van der Waals surface area contributed by atoms with E-state index in [-0.39, 0.29) is 17.1 Å². The van der Waals surface area contributed by atoms with Gasteiger partial charge in [-0.3, -0.25) is 0 Å². The van der Waals surface area contributed by atoms with Crippen molar-refractivity contribution in [1.29, 1.82) is 0 Å². The molecule has 0 atom stereocenters. The molecule has 0 radical (unpaired) electrons. The fraction of sp³-hybridized carbons (Fsp3) is 0.632. The Hall–Kier alpha value is -1.55. The molecular formula is C19H28N2O2. The summed E-state index contributed by atoms with van der Waals surface area (Å²) in [6, 6.07) is 4.62. The molecule has 1 N–H and O–H groups in total. The summed E-state index contributed by atoms with van der Waals surface area (Å²) in [5, 5.41) is 4.66. The number of nitrogens with one attached hydrogen (secondary N) is 1. The maximum Gasteiger partial charge on any atom is 0.214 e. The third kappa shape index (κ3) is 3.86. The number of furan rings is 1. The molecule has 0 aromatic carbocycles. The van der Waals surface area contributed by atoms with Crippen LogP contribution in [0.15, 0.2) is 22.7 Å². The fourth-order valence-corrected chi connectivity index (χ4v) is 2.92. The van der Waals surface area contributed by atoms with Crippen molar-refractivity contribution in [3.8, 4) is 5.88 Å². The molecule has 0 aliphatic heterocycles. The van der Waals surface area contributed by atoms with Gasteiger partial charge in [0, 0.05) is 28.4 Å². The summed E-state index contributed by atoms with van der Waals surface area (Å²) in [4.78, 5) is 4.39. The Morgan fingerprint density at radius 3 is 2.43 bits per heavy atom. The highest BCUT2D eigenvalue weighted by molar-refractivity contribution is 5.78. The third-order valence-electron chi connectivity index (χ3n) is 4.14. The number of aromatic nitrogens is 1. The molecule has 0 spiro atoms. The lowest BCUT2D eigenvalue weighted by Crippen LogP contribution is -2.53. The number of pyridine rings is 1. The van der Waals surface area contributed by atoms with Crippen LogP contribution in [0.3, 0.4) is 0 Å². The first-order valence-electron chi connectivity index (χ1n) is 8.44. The van der Waals surface area contributed by atoms with E-state index < -0.39 is 0 Å². The zero-order valence-corrected chi connectivity index (χ0v) is 15.1. The molecule has 2 aromatic heterocycles. The van der Waals surface area contributed by atoms with Gasteiger partial charge in [-0.15, -0.1) is 0 Å². The van der Waals surface area contributed by atoms with Crippen molar-refractivity contribution in [2.45, 2.75) is 77.5 Å². The highest BCUT2D eigenvalue weighted by Gasteiger charge is 2.33. The fourth-order valence-electron chi connectivity index (χ4n) is 2.92. The summed E-state index contributed by atoms with van der Waals surface area (Å²) in [6.07, 6.45) is 4.10. The van der Waals surface area contributed by atoms with E-state index in [1.807, 2.05) is 6.07 Å². The van der Waals surface area contributed by atoms with Crippen molar-refractivity contribution >= 4 is 11.0 Å². The summed E-state index contributed by atoms with van der Waals surface area (Å²) >= 11 is 0. The maximum atomic E-state index is 6.01. The first-order valence-corrected chi connectivity index (χ1v) is 8.44. The molecule has 1 fully saturated rings. The van der Waals surface area contributed by atoms with Gasteiger partial charge in [0.2, 0.25) is 5.88 Å². The van der Waals surface area contributed by atoms with E-state index in [2.05, 4.69) is 57.9 Å². The minimum atomic E-state index is -0.000139. The van der Waals surface area contributed by atoms with Gasteiger partial charge in [0.25, 0.3) is 0 Å². The molecule has 1 saturated carbocycles. The van der Waals surface area contributed by atoms with Crippen molar-refractivity contribution in [2.24, 2.45) is 0 Å². The molecule has 0 saturated heterocycles. The second-order valence-corrected chi connectivity index (χ2v) is 8.72. The number of hydrogen-bond acceptors (Lipinski definition) is 4. The van der Waals surface area contributed by atoms with Crippen LogP contribution in [0, 0.1) is 0 Å². The second kappa shape index (κ2) is 5.52. The highest BCUT2D eigenvalue weighted by Crippen LogP contribution is 2.32. The predicted molar refractivity (Wildman–Crippen MR) is 93.0 cm³/mol. The molecule has 0 unspecified atom stereocenters. The summed E-state index contributed by atoms with van der Waals surface area (Å²) < 4.78 is 11.9. The molecule has 2 aromatic rings. The van der Waals surface area contributed by atoms with E-state index in [0.717, 1.165) is 29.6 Å². The minimum absolute atomic E-state index is 0.000139. The van der Waals surface area contributed by atoms with Gasteiger partial charge in [-0.05, 0) is 39.7 Å². The van der Waals surface area contributed by atoms with Crippen molar-refractivity contribution in [3.63, 3.8) is 0 Å². The molecule has 0 amide bonds. The molecule has 0 bridgehead atoms. The van der Waals surface area contributed by atoms with Crippen LogP contribution < -0.4 is 10.1 Å². The average molecular weight is 316 g/mol. The van der Waals surface area contributed by atoms with Crippen LogP contribution in [0.5, 0.6) is 5.88 Å². The monoisotopic (exact) mass is 316 g/mol. The van der Waals surface area contributed by atoms with Gasteiger partial charge in [0.15, 0.2) is 5.58 Å². The first kappa shape index (κ1) is 16.3. The zero-order chi connectivity index (χ0) is 16.8. The second-order valence-electron chi connectivity index (χ2n) is 8.72. The average Bonchev–Trinajstić information content (AvgIpc) is 2.77. The molecule has 4 heteroatoms. The smallest absolute Gasteiger partial charge is 0.214 e. The van der Waals surface area contributed by atoms with Crippen LogP contribution in [0.4, 0.5) is 0 Å². The Balaban J connectivity index is 1.64. The molecule has 3 rings (SSSR count). The normalized spacial score (nSPS) is 22.2. The number of nitrogens with zero attached hydrogens (tertiary/aromatic N) is 1. The van der Waals surface area contributed by atoms with Crippen LogP contribution >= 0.6 is 0 Å². The Morgan fingerprint density at radius 2 is 1.83 bits per heavy atom. The van der Waals surface area contributed by atoms with Crippen LogP contribution in [0.25, 0.3) is 11.0 Å². The van der Waals surface area contributed by atoms with Crippen molar-refractivity contribution < 1.29 is 9.15 Å². The van der Waals surface area contributed by atoms with E-state index in [1.165, 1.54) is 0 Å². The number of rotatable bonds is 3. The Bertz CT molecular complexity index is 685. The molecule has 4 nitrogen and oxygen atoms in total. The van der Waals surface area contributed by atoms with Gasteiger partial charge >= 0.3 is 0 Å². The molecule has 1 aliphatic carbocycles. The third-order valence-corrected chi connectivity index (χ3v) is 4.14. The van der Waals surface area contributed by atoms with E-state index >= 15 is 0 Å². The zero-order valence-electron chi connectivity index (χ0n) is 15.1. The standard InChI is InChI=1S/C19H28N2O2/c1-18(2,3)16-7-12-8-17(20-11-15(12)23-16)22-14-9-13(10-14)21-19(4,5)6/h7-8,11,13-14,21H,9-10H2,1-6H3. The van der Waals surface area contributed by atoms with Gasteiger partial charge < -0.3 is 14.5 Å². The SMILES string of the molecule is CC(C)(C)NC1CC(Oc2cc3cc(C(C)(C)C)oc3cn2)C1. The Labute approximate surface area is 138 Å². The van der Waals surface area contributed by atoms with Crippen LogP contribution in [-0.2, 0) is 5.41 Å². The van der Waals surface area contributed by atoms with Crippen molar-refractivity contribution in [1.82, 2.24) is 10.3 Å². The van der Waals surface area contributed by atoms with E-state index in [1.54, 1.807) is 6.20 Å². The largest absolute Gasteiger partial charge is 0.474 e. The van der Waals surface area contributed by atoms with Gasteiger partial charge in [-0.1, -0.05) is 20.8 Å².